The van der Waals surface area contributed by atoms with Gasteiger partial charge >= 0.3 is 0 Å². The molecule has 0 aromatic heterocycles. The maximum Gasteiger partial charge on any atom is -0.00832 e. The van der Waals surface area contributed by atoms with Gasteiger partial charge in [0, 0.05) is 0 Å². The van der Waals surface area contributed by atoms with Crippen LogP contribution in [0, 0.1) is 5.41 Å². The van der Waals surface area contributed by atoms with Crippen LogP contribution in [0.1, 0.15) is 40.0 Å². The molecule has 0 nitrogen and oxygen atoms in total. The molecule has 0 saturated heterocycles. The third-order valence-electron chi connectivity index (χ3n) is 2.87. The molecule has 0 heteroatoms. The quantitative estimate of drug-likeness (QED) is 0.563. The number of rotatable bonds is 2. The van der Waals surface area contributed by atoms with E-state index in [-0.39, 0.29) is 0 Å². The standard InChI is InChI=1S/C11H18/c1-4-11(5-2)8-6-7-10(3)9-11/h6-8H,4-5,9H2,1-3H3. The van der Waals surface area contributed by atoms with Crippen molar-refractivity contribution in [3.8, 4) is 0 Å². The van der Waals surface area contributed by atoms with E-state index in [0.717, 1.165) is 0 Å². The zero-order valence-electron chi connectivity index (χ0n) is 7.85. The molecule has 62 valence electrons. The van der Waals surface area contributed by atoms with Gasteiger partial charge in [-0.25, -0.2) is 0 Å². The molecule has 11 heavy (non-hydrogen) atoms. The Morgan fingerprint density at radius 2 is 2.00 bits per heavy atom. The van der Waals surface area contributed by atoms with Crippen LogP contribution in [0.3, 0.4) is 0 Å². The van der Waals surface area contributed by atoms with Crippen molar-refractivity contribution in [2.24, 2.45) is 5.41 Å². The average molecular weight is 150 g/mol. The SMILES string of the molecule is CCC1(CC)C=CC=C(C)C1. The fourth-order valence-corrected chi connectivity index (χ4v) is 1.83. The van der Waals surface area contributed by atoms with Gasteiger partial charge in [0.25, 0.3) is 0 Å². The monoisotopic (exact) mass is 150 g/mol. The van der Waals surface area contributed by atoms with Gasteiger partial charge in [-0.15, -0.1) is 0 Å². The minimum Gasteiger partial charge on any atom is -0.0780 e. The fourth-order valence-electron chi connectivity index (χ4n) is 1.83. The lowest BCUT2D eigenvalue weighted by Gasteiger charge is -2.30. The predicted octanol–water partition coefficient (Wildman–Crippen LogP) is 3.70. The van der Waals surface area contributed by atoms with E-state index in [0.29, 0.717) is 5.41 Å². The highest BCUT2D eigenvalue weighted by Crippen LogP contribution is 2.37. The first-order valence-electron chi connectivity index (χ1n) is 4.57. The lowest BCUT2D eigenvalue weighted by atomic mass is 9.75. The molecule has 1 aliphatic carbocycles. The van der Waals surface area contributed by atoms with Gasteiger partial charge < -0.3 is 0 Å². The second-order valence-corrected chi connectivity index (χ2v) is 3.62. The first-order chi connectivity index (χ1) is 5.22. The van der Waals surface area contributed by atoms with Crippen LogP contribution in [0.4, 0.5) is 0 Å². The van der Waals surface area contributed by atoms with Gasteiger partial charge in [0.1, 0.15) is 0 Å². The molecule has 0 N–H and O–H groups in total. The zero-order valence-corrected chi connectivity index (χ0v) is 7.85. The molecular formula is C11H18. The zero-order chi connectivity index (χ0) is 8.32. The van der Waals surface area contributed by atoms with Gasteiger partial charge in [-0.05, 0) is 31.6 Å². The minimum atomic E-state index is 0.485. The average Bonchev–Trinajstić information content (AvgIpc) is 2.04. The number of hydrogen-bond acceptors (Lipinski definition) is 0. The Hall–Kier alpha value is -0.520. The Kier molecular flexibility index (Phi) is 2.53. The summed E-state index contributed by atoms with van der Waals surface area (Å²) in [7, 11) is 0. The van der Waals surface area contributed by atoms with E-state index in [4.69, 9.17) is 0 Å². The molecule has 0 fully saturated rings. The van der Waals surface area contributed by atoms with Crippen LogP contribution in [0.2, 0.25) is 0 Å². The molecule has 0 aromatic carbocycles. The third-order valence-corrected chi connectivity index (χ3v) is 2.87. The van der Waals surface area contributed by atoms with Crippen molar-refractivity contribution in [2.45, 2.75) is 40.0 Å². The van der Waals surface area contributed by atoms with Crippen molar-refractivity contribution in [3.63, 3.8) is 0 Å². The van der Waals surface area contributed by atoms with Crippen molar-refractivity contribution in [1.29, 1.82) is 0 Å². The summed E-state index contributed by atoms with van der Waals surface area (Å²) in [6.07, 6.45) is 10.6. The van der Waals surface area contributed by atoms with Crippen molar-refractivity contribution < 1.29 is 0 Å². The van der Waals surface area contributed by atoms with Crippen LogP contribution in [0.5, 0.6) is 0 Å². The summed E-state index contributed by atoms with van der Waals surface area (Å²) in [6.45, 7) is 6.79. The van der Waals surface area contributed by atoms with Crippen LogP contribution >= 0.6 is 0 Å². The van der Waals surface area contributed by atoms with Crippen molar-refractivity contribution in [1.82, 2.24) is 0 Å². The highest BCUT2D eigenvalue weighted by atomic mass is 14.3. The van der Waals surface area contributed by atoms with Gasteiger partial charge in [0.2, 0.25) is 0 Å². The summed E-state index contributed by atoms with van der Waals surface area (Å²) in [6, 6.07) is 0. The first kappa shape index (κ1) is 8.58. The number of allylic oxidation sites excluding steroid dienone is 4. The molecule has 0 amide bonds. The second-order valence-electron chi connectivity index (χ2n) is 3.62. The Balaban J connectivity index is 2.75. The molecule has 0 atom stereocenters. The number of hydrogen-bond donors (Lipinski definition) is 0. The summed E-state index contributed by atoms with van der Waals surface area (Å²) in [5.41, 5.74) is 2.01. The highest BCUT2D eigenvalue weighted by molar-refractivity contribution is 5.22. The Morgan fingerprint density at radius 1 is 1.36 bits per heavy atom. The van der Waals surface area contributed by atoms with E-state index in [1.807, 2.05) is 0 Å². The smallest absolute Gasteiger partial charge is 0.00832 e. The van der Waals surface area contributed by atoms with Gasteiger partial charge in [0.05, 0.1) is 0 Å². The largest absolute Gasteiger partial charge is 0.0780 e. The van der Waals surface area contributed by atoms with E-state index in [9.17, 15) is 0 Å². The summed E-state index contributed by atoms with van der Waals surface area (Å²) >= 11 is 0. The molecular weight excluding hydrogens is 132 g/mol. The van der Waals surface area contributed by atoms with Crippen LogP contribution < -0.4 is 0 Å². The maximum absolute atomic E-state index is 2.38. The van der Waals surface area contributed by atoms with Crippen molar-refractivity contribution >= 4 is 0 Å². The van der Waals surface area contributed by atoms with Gasteiger partial charge in [0.15, 0.2) is 0 Å². The lowest BCUT2D eigenvalue weighted by Crippen LogP contribution is -2.17. The molecule has 1 aliphatic rings. The summed E-state index contributed by atoms with van der Waals surface area (Å²) < 4.78 is 0. The van der Waals surface area contributed by atoms with Crippen LogP contribution in [0.15, 0.2) is 23.8 Å². The maximum atomic E-state index is 2.38. The van der Waals surface area contributed by atoms with Crippen LogP contribution in [-0.4, -0.2) is 0 Å². The molecule has 1 rings (SSSR count). The Morgan fingerprint density at radius 3 is 2.36 bits per heavy atom. The fraction of sp³-hybridized carbons (Fsp3) is 0.636. The van der Waals surface area contributed by atoms with Gasteiger partial charge in [-0.1, -0.05) is 37.6 Å². The molecule has 0 aromatic rings. The normalized spacial score (nSPS) is 21.5. The third kappa shape index (κ3) is 1.74. The highest BCUT2D eigenvalue weighted by Gasteiger charge is 2.24. The van der Waals surface area contributed by atoms with Crippen molar-refractivity contribution in [2.75, 3.05) is 0 Å². The molecule has 0 spiro atoms. The van der Waals surface area contributed by atoms with E-state index < -0.39 is 0 Å². The summed E-state index contributed by atoms with van der Waals surface area (Å²) in [5, 5.41) is 0. The van der Waals surface area contributed by atoms with Crippen molar-refractivity contribution in [3.05, 3.63) is 23.8 Å². The topological polar surface area (TPSA) is 0 Å². The summed E-state index contributed by atoms with van der Waals surface area (Å²) in [4.78, 5) is 0. The van der Waals surface area contributed by atoms with E-state index in [1.54, 1.807) is 0 Å². The Bertz CT molecular complexity index is 180. The minimum absolute atomic E-state index is 0.485. The first-order valence-corrected chi connectivity index (χ1v) is 4.57. The van der Waals surface area contributed by atoms with Gasteiger partial charge in [-0.2, -0.15) is 0 Å². The molecule has 0 unspecified atom stereocenters. The predicted molar refractivity (Wildman–Crippen MR) is 50.5 cm³/mol. The molecule has 0 aliphatic heterocycles. The lowest BCUT2D eigenvalue weighted by molar-refractivity contribution is 0.345. The van der Waals surface area contributed by atoms with E-state index >= 15 is 0 Å². The van der Waals surface area contributed by atoms with Crippen LogP contribution in [0.25, 0.3) is 0 Å². The second kappa shape index (κ2) is 3.25. The molecule has 0 saturated carbocycles. The van der Waals surface area contributed by atoms with Gasteiger partial charge in [-0.3, -0.25) is 0 Å². The molecule has 0 bridgehead atoms. The molecule has 0 radical (unpaired) electrons. The van der Waals surface area contributed by atoms with Crippen LogP contribution in [-0.2, 0) is 0 Å². The Labute approximate surface area is 70.0 Å². The summed E-state index contributed by atoms with van der Waals surface area (Å²) in [5.74, 6) is 0. The van der Waals surface area contributed by atoms with E-state index in [2.05, 4.69) is 39.0 Å². The van der Waals surface area contributed by atoms with E-state index in [1.165, 1.54) is 24.8 Å². The molecule has 0 heterocycles.